The molecular formula is C41H42ClN7O6. The Bertz CT molecular complexity index is 2070. The standard InChI is InChI=1S/C41H42ClN7O6/c42-35-23-32(8-3-26(35)24-43)55-31-9-4-27(21-31)44-38(51)25-1-5-28(6-2-25)46-15-13-29(14-16-46)47-17-19-48(20-18-47)30-7-10-33-34(22-30)41(54)49(40(33)53)36-11-12-37(50)45-39(36)52/h1-3,5-8,10,22-23,27,29,31,36H,4,9,11-21H2,(H,44,51)(H,45,50,52). The van der Waals surface area contributed by atoms with E-state index < -0.39 is 29.7 Å². The maximum absolute atomic E-state index is 13.3. The summed E-state index contributed by atoms with van der Waals surface area (Å²) in [7, 11) is 0. The largest absolute Gasteiger partial charge is 0.490 e. The van der Waals surface area contributed by atoms with Crippen LogP contribution in [0.2, 0.25) is 5.02 Å². The molecule has 0 spiro atoms. The molecule has 3 aromatic rings. The fourth-order valence-corrected chi connectivity index (χ4v) is 8.83. The number of rotatable bonds is 8. The first kappa shape index (κ1) is 36.5. The van der Waals surface area contributed by atoms with Gasteiger partial charge in [-0.25, -0.2) is 0 Å². The molecule has 4 heterocycles. The van der Waals surface area contributed by atoms with E-state index in [9.17, 15) is 24.0 Å². The zero-order valence-electron chi connectivity index (χ0n) is 30.3. The predicted molar refractivity (Wildman–Crippen MR) is 204 cm³/mol. The molecule has 8 rings (SSSR count). The fourth-order valence-electron chi connectivity index (χ4n) is 8.61. The summed E-state index contributed by atoms with van der Waals surface area (Å²) >= 11 is 6.15. The molecule has 3 saturated heterocycles. The Balaban J connectivity index is 0.784. The molecule has 0 bridgehead atoms. The zero-order chi connectivity index (χ0) is 38.2. The first-order valence-electron chi connectivity index (χ1n) is 19.0. The van der Waals surface area contributed by atoms with Crippen LogP contribution >= 0.6 is 11.6 Å². The van der Waals surface area contributed by atoms with Gasteiger partial charge in [-0.15, -0.1) is 0 Å². The second-order valence-electron chi connectivity index (χ2n) is 14.9. The van der Waals surface area contributed by atoms with Crippen LogP contribution in [0.15, 0.2) is 60.7 Å². The number of anilines is 2. The predicted octanol–water partition coefficient (Wildman–Crippen LogP) is 4.13. The maximum atomic E-state index is 13.3. The van der Waals surface area contributed by atoms with Gasteiger partial charge in [0.05, 0.1) is 21.7 Å². The van der Waals surface area contributed by atoms with Gasteiger partial charge in [0.25, 0.3) is 17.7 Å². The van der Waals surface area contributed by atoms with Crippen LogP contribution in [0, 0.1) is 11.3 Å². The van der Waals surface area contributed by atoms with Crippen molar-refractivity contribution in [3.8, 4) is 11.8 Å². The maximum Gasteiger partial charge on any atom is 0.262 e. The van der Waals surface area contributed by atoms with Crippen LogP contribution < -0.4 is 25.2 Å². The van der Waals surface area contributed by atoms with Crippen molar-refractivity contribution in [3.63, 3.8) is 0 Å². The van der Waals surface area contributed by atoms with Gasteiger partial charge in [0, 0.05) is 87.2 Å². The molecule has 3 aromatic carbocycles. The lowest BCUT2D eigenvalue weighted by molar-refractivity contribution is -0.136. The summed E-state index contributed by atoms with van der Waals surface area (Å²) in [5.41, 5.74) is 3.62. The van der Waals surface area contributed by atoms with Gasteiger partial charge in [-0.3, -0.25) is 39.1 Å². The molecule has 3 unspecified atom stereocenters. The van der Waals surface area contributed by atoms with Gasteiger partial charge in [0.15, 0.2) is 0 Å². The van der Waals surface area contributed by atoms with Gasteiger partial charge >= 0.3 is 0 Å². The number of nitrogens with zero attached hydrogens (tertiary/aromatic N) is 5. The highest BCUT2D eigenvalue weighted by Crippen LogP contribution is 2.32. The van der Waals surface area contributed by atoms with Crippen molar-refractivity contribution in [2.45, 2.75) is 69.2 Å². The van der Waals surface area contributed by atoms with Gasteiger partial charge in [-0.1, -0.05) is 11.6 Å². The highest BCUT2D eigenvalue weighted by atomic mass is 35.5. The topological polar surface area (TPSA) is 155 Å². The third kappa shape index (κ3) is 7.49. The van der Waals surface area contributed by atoms with Crippen LogP contribution in [0.25, 0.3) is 0 Å². The molecule has 284 valence electrons. The molecule has 2 N–H and O–H groups in total. The van der Waals surface area contributed by atoms with Crippen LogP contribution in [0.5, 0.6) is 5.75 Å². The number of ether oxygens (including phenoxy) is 1. The minimum absolute atomic E-state index is 0.0213. The Labute approximate surface area is 324 Å². The molecule has 0 aromatic heterocycles. The number of carbonyl (C=O) groups is 5. The molecule has 5 amide bonds. The molecule has 4 aliphatic heterocycles. The minimum Gasteiger partial charge on any atom is -0.490 e. The lowest BCUT2D eigenvalue weighted by Gasteiger charge is -2.44. The number of benzene rings is 3. The Kier molecular flexibility index (Phi) is 10.2. The number of hydrogen-bond donors (Lipinski definition) is 2. The summed E-state index contributed by atoms with van der Waals surface area (Å²) < 4.78 is 6.08. The van der Waals surface area contributed by atoms with Crippen molar-refractivity contribution in [1.82, 2.24) is 20.4 Å². The van der Waals surface area contributed by atoms with Crippen molar-refractivity contribution in [1.29, 1.82) is 5.26 Å². The monoisotopic (exact) mass is 763 g/mol. The Hall–Kier alpha value is -5.45. The molecule has 5 aliphatic rings. The SMILES string of the molecule is N#Cc1ccc(OC2CCC(NC(=O)c3ccc(N4CCC(N5CCN(c6ccc7c(c6)C(=O)N(C6CCC(=O)NC6=O)C7=O)CC5)CC4)cc3)C2)cc1Cl. The molecule has 1 saturated carbocycles. The fraction of sp³-hybridized carbons (Fsp3) is 0.415. The van der Waals surface area contributed by atoms with Crippen LogP contribution in [0.3, 0.4) is 0 Å². The number of carbonyl (C=O) groups excluding carboxylic acids is 5. The number of halogens is 1. The summed E-state index contributed by atoms with van der Waals surface area (Å²) in [6.07, 6.45) is 4.61. The number of nitrogens with one attached hydrogen (secondary N) is 2. The van der Waals surface area contributed by atoms with Gasteiger partial charge in [-0.2, -0.15) is 5.26 Å². The first-order valence-corrected chi connectivity index (χ1v) is 19.4. The van der Waals surface area contributed by atoms with Gasteiger partial charge in [-0.05, 0) is 86.7 Å². The second kappa shape index (κ2) is 15.4. The minimum atomic E-state index is -0.976. The van der Waals surface area contributed by atoms with Gasteiger partial charge in [0.1, 0.15) is 24.0 Å². The lowest BCUT2D eigenvalue weighted by Crippen LogP contribution is -2.54. The van der Waals surface area contributed by atoms with E-state index in [1.807, 2.05) is 30.3 Å². The molecule has 55 heavy (non-hydrogen) atoms. The second-order valence-corrected chi connectivity index (χ2v) is 15.3. The van der Waals surface area contributed by atoms with Crippen LogP contribution in [0.1, 0.15) is 81.6 Å². The number of amides is 5. The Morgan fingerprint density at radius 2 is 1.51 bits per heavy atom. The number of piperazine rings is 1. The Morgan fingerprint density at radius 3 is 2.22 bits per heavy atom. The molecular weight excluding hydrogens is 722 g/mol. The van der Waals surface area contributed by atoms with Crippen molar-refractivity contribution in [2.75, 3.05) is 49.1 Å². The molecule has 4 fully saturated rings. The van der Waals surface area contributed by atoms with E-state index in [0.29, 0.717) is 45.5 Å². The highest BCUT2D eigenvalue weighted by molar-refractivity contribution is 6.31. The lowest BCUT2D eigenvalue weighted by atomic mass is 10.0. The van der Waals surface area contributed by atoms with E-state index in [-0.39, 0.29) is 30.9 Å². The molecule has 0 radical (unpaired) electrons. The Morgan fingerprint density at radius 1 is 0.800 bits per heavy atom. The third-order valence-corrected chi connectivity index (χ3v) is 12.0. The van der Waals surface area contributed by atoms with E-state index in [4.69, 9.17) is 21.6 Å². The normalized spacial score (nSPS) is 23.4. The first-order chi connectivity index (χ1) is 26.6. The summed E-state index contributed by atoms with van der Waals surface area (Å²) in [4.78, 5) is 71.7. The summed E-state index contributed by atoms with van der Waals surface area (Å²) in [5.74, 6) is -1.45. The van der Waals surface area contributed by atoms with E-state index in [1.165, 1.54) is 0 Å². The number of hydrogen-bond acceptors (Lipinski definition) is 10. The van der Waals surface area contributed by atoms with Crippen molar-refractivity contribution in [2.24, 2.45) is 0 Å². The number of nitriles is 1. The van der Waals surface area contributed by atoms with Crippen molar-refractivity contribution < 1.29 is 28.7 Å². The number of piperidine rings is 2. The van der Waals surface area contributed by atoms with E-state index >= 15 is 0 Å². The van der Waals surface area contributed by atoms with E-state index in [1.54, 1.807) is 30.3 Å². The van der Waals surface area contributed by atoms with E-state index in [0.717, 1.165) is 81.2 Å². The van der Waals surface area contributed by atoms with Gasteiger partial charge < -0.3 is 19.9 Å². The van der Waals surface area contributed by atoms with Crippen molar-refractivity contribution >= 4 is 52.5 Å². The number of imide groups is 2. The van der Waals surface area contributed by atoms with Crippen LogP contribution in [-0.2, 0) is 9.59 Å². The molecule has 1 aliphatic carbocycles. The zero-order valence-corrected chi connectivity index (χ0v) is 31.1. The van der Waals surface area contributed by atoms with E-state index in [2.05, 4.69) is 31.4 Å². The third-order valence-electron chi connectivity index (χ3n) is 11.7. The average Bonchev–Trinajstić information content (AvgIpc) is 3.74. The summed E-state index contributed by atoms with van der Waals surface area (Å²) in [6.45, 7) is 5.21. The molecule has 14 heteroatoms. The smallest absolute Gasteiger partial charge is 0.262 e. The molecule has 13 nitrogen and oxygen atoms in total. The van der Waals surface area contributed by atoms with Crippen LogP contribution in [0.4, 0.5) is 11.4 Å². The number of fused-ring (bicyclic) bond motifs is 1. The average molecular weight is 764 g/mol. The highest BCUT2D eigenvalue weighted by Gasteiger charge is 2.45. The van der Waals surface area contributed by atoms with Gasteiger partial charge in [0.2, 0.25) is 11.8 Å². The van der Waals surface area contributed by atoms with Crippen molar-refractivity contribution in [3.05, 3.63) is 87.9 Å². The molecule has 3 atom stereocenters. The quantitative estimate of drug-likeness (QED) is 0.320. The summed E-state index contributed by atoms with van der Waals surface area (Å²) in [5, 5.41) is 14.9. The van der Waals surface area contributed by atoms with Crippen LogP contribution in [-0.4, -0.2) is 103 Å². The summed E-state index contributed by atoms with van der Waals surface area (Å²) in [6, 6.07) is 19.8.